The van der Waals surface area contributed by atoms with Crippen molar-refractivity contribution >= 4 is 11.0 Å². The molecule has 2 rings (SSSR count). The van der Waals surface area contributed by atoms with Gasteiger partial charge in [0.1, 0.15) is 16.9 Å². The fourth-order valence-electron chi connectivity index (χ4n) is 1.44. The lowest BCUT2D eigenvalue weighted by Crippen LogP contribution is -2.03. The van der Waals surface area contributed by atoms with E-state index in [1.165, 1.54) is 0 Å². The Kier molecular flexibility index (Phi) is 2.68. The monoisotopic (exact) mass is 218 g/mol. The van der Waals surface area contributed by atoms with Gasteiger partial charge >= 0.3 is 6.01 Å². The number of ether oxygens (including phenoxy) is 1. The number of aryl methyl sites for hydroxylation is 1. The highest BCUT2D eigenvalue weighted by molar-refractivity contribution is 5.75. The summed E-state index contributed by atoms with van der Waals surface area (Å²) in [6.45, 7) is 6.04. The van der Waals surface area contributed by atoms with Crippen molar-refractivity contribution < 1.29 is 4.74 Å². The summed E-state index contributed by atoms with van der Waals surface area (Å²) >= 11 is 0. The average molecular weight is 218 g/mol. The molecule has 0 atom stereocenters. The first-order valence-corrected chi connectivity index (χ1v) is 5.17. The van der Waals surface area contributed by atoms with Crippen molar-refractivity contribution in [3.05, 3.63) is 17.7 Å². The third-order valence-corrected chi connectivity index (χ3v) is 2.31. The van der Waals surface area contributed by atoms with Crippen LogP contribution in [0.25, 0.3) is 11.0 Å². The van der Waals surface area contributed by atoms with Crippen molar-refractivity contribution in [2.75, 3.05) is 7.11 Å². The second kappa shape index (κ2) is 4.00. The minimum atomic E-state index is 0.296. The van der Waals surface area contributed by atoms with E-state index in [2.05, 4.69) is 33.8 Å². The van der Waals surface area contributed by atoms with E-state index in [1.807, 2.05) is 6.92 Å². The first-order valence-electron chi connectivity index (χ1n) is 5.17. The van der Waals surface area contributed by atoms with Gasteiger partial charge in [0.2, 0.25) is 0 Å². The molecule has 0 spiro atoms. The van der Waals surface area contributed by atoms with E-state index >= 15 is 0 Å². The molecule has 0 aliphatic rings. The number of methoxy groups -OCH3 is 1. The summed E-state index contributed by atoms with van der Waals surface area (Å²) in [5, 5.41) is 0. The van der Waals surface area contributed by atoms with Gasteiger partial charge in [-0.1, -0.05) is 13.8 Å². The Morgan fingerprint density at radius 1 is 1.19 bits per heavy atom. The normalized spacial score (nSPS) is 11.1. The molecule has 0 radical (unpaired) electrons. The summed E-state index contributed by atoms with van der Waals surface area (Å²) in [5.41, 5.74) is 2.36. The third kappa shape index (κ3) is 1.80. The van der Waals surface area contributed by atoms with E-state index in [9.17, 15) is 0 Å². The molecular weight excluding hydrogens is 204 g/mol. The van der Waals surface area contributed by atoms with Crippen molar-refractivity contribution in [1.82, 2.24) is 19.9 Å². The van der Waals surface area contributed by atoms with Gasteiger partial charge in [-0.05, 0) is 6.92 Å². The molecule has 0 aliphatic heterocycles. The van der Waals surface area contributed by atoms with Crippen LogP contribution in [0.3, 0.4) is 0 Å². The summed E-state index contributed by atoms with van der Waals surface area (Å²) in [6, 6.07) is 0.344. The molecule has 2 aromatic heterocycles. The van der Waals surface area contributed by atoms with Crippen LogP contribution in [-0.2, 0) is 0 Å². The van der Waals surface area contributed by atoms with E-state index in [0.29, 0.717) is 11.9 Å². The lowest BCUT2D eigenvalue weighted by atomic mass is 10.2. The molecule has 0 amide bonds. The number of fused-ring (bicyclic) bond motifs is 1. The highest BCUT2D eigenvalue weighted by atomic mass is 16.5. The smallest absolute Gasteiger partial charge is 0.316 e. The Labute approximate surface area is 93.9 Å². The molecule has 0 N–H and O–H groups in total. The molecule has 5 nitrogen and oxygen atoms in total. The second-order valence-corrected chi connectivity index (χ2v) is 3.91. The molecule has 5 heteroatoms. The maximum atomic E-state index is 4.98. The van der Waals surface area contributed by atoms with Gasteiger partial charge in [-0.2, -0.15) is 4.98 Å². The molecule has 0 bridgehead atoms. The molecular formula is C11H14N4O. The van der Waals surface area contributed by atoms with Crippen LogP contribution in [0.15, 0.2) is 6.20 Å². The SMILES string of the molecule is COc1ncc2nc(C(C)C)nc(C)c2n1. The zero-order valence-electron chi connectivity index (χ0n) is 9.85. The third-order valence-electron chi connectivity index (χ3n) is 2.31. The van der Waals surface area contributed by atoms with Crippen LogP contribution in [-0.4, -0.2) is 27.0 Å². The Hall–Kier alpha value is -1.78. The second-order valence-electron chi connectivity index (χ2n) is 3.91. The number of nitrogens with zero attached hydrogens (tertiary/aromatic N) is 4. The molecule has 2 heterocycles. The number of hydrogen-bond donors (Lipinski definition) is 0. The standard InChI is InChI=1S/C11H14N4O/c1-6(2)10-13-7(3)9-8(14-10)5-12-11(15-9)16-4/h5-6H,1-4H3. The molecule has 84 valence electrons. The minimum absolute atomic E-state index is 0.296. The van der Waals surface area contributed by atoms with Gasteiger partial charge in [-0.15, -0.1) is 0 Å². The topological polar surface area (TPSA) is 60.8 Å². The van der Waals surface area contributed by atoms with E-state index in [4.69, 9.17) is 4.74 Å². The number of hydrogen-bond acceptors (Lipinski definition) is 5. The summed E-state index contributed by atoms with van der Waals surface area (Å²) in [4.78, 5) is 17.1. The fraction of sp³-hybridized carbons (Fsp3) is 0.455. The highest BCUT2D eigenvalue weighted by Gasteiger charge is 2.10. The fourth-order valence-corrected chi connectivity index (χ4v) is 1.44. The predicted octanol–water partition coefficient (Wildman–Crippen LogP) is 1.86. The van der Waals surface area contributed by atoms with Crippen molar-refractivity contribution in [2.45, 2.75) is 26.7 Å². The zero-order chi connectivity index (χ0) is 11.7. The lowest BCUT2D eigenvalue weighted by molar-refractivity contribution is 0.381. The van der Waals surface area contributed by atoms with E-state index in [0.717, 1.165) is 22.6 Å². The molecule has 0 aliphatic carbocycles. The molecule has 2 aromatic rings. The van der Waals surface area contributed by atoms with Crippen LogP contribution >= 0.6 is 0 Å². The molecule has 0 unspecified atom stereocenters. The van der Waals surface area contributed by atoms with Crippen molar-refractivity contribution in [1.29, 1.82) is 0 Å². The first kappa shape index (κ1) is 10.7. The Bertz CT molecular complexity index is 525. The molecule has 0 saturated heterocycles. The summed E-state index contributed by atoms with van der Waals surface area (Å²) in [5.74, 6) is 1.11. The molecule has 0 aromatic carbocycles. The molecule has 0 fully saturated rings. The van der Waals surface area contributed by atoms with Gasteiger partial charge in [-0.25, -0.2) is 15.0 Å². The Morgan fingerprint density at radius 2 is 1.94 bits per heavy atom. The molecule has 16 heavy (non-hydrogen) atoms. The van der Waals surface area contributed by atoms with Gasteiger partial charge in [0.05, 0.1) is 19.0 Å². The average Bonchev–Trinajstić information content (AvgIpc) is 2.28. The van der Waals surface area contributed by atoms with Gasteiger partial charge in [0.15, 0.2) is 0 Å². The zero-order valence-corrected chi connectivity index (χ0v) is 9.85. The lowest BCUT2D eigenvalue weighted by Gasteiger charge is -2.07. The highest BCUT2D eigenvalue weighted by Crippen LogP contribution is 2.18. The summed E-state index contributed by atoms with van der Waals surface area (Å²) in [6.07, 6.45) is 1.67. The molecule has 0 saturated carbocycles. The first-order chi connectivity index (χ1) is 7.61. The van der Waals surface area contributed by atoms with Crippen molar-refractivity contribution in [3.8, 4) is 6.01 Å². The Morgan fingerprint density at radius 3 is 2.56 bits per heavy atom. The Balaban J connectivity index is 2.66. The van der Waals surface area contributed by atoms with E-state index in [1.54, 1.807) is 13.3 Å². The number of aromatic nitrogens is 4. The maximum Gasteiger partial charge on any atom is 0.316 e. The van der Waals surface area contributed by atoms with Crippen LogP contribution in [0.2, 0.25) is 0 Å². The van der Waals surface area contributed by atoms with Crippen LogP contribution in [0.4, 0.5) is 0 Å². The van der Waals surface area contributed by atoms with Gasteiger partial charge < -0.3 is 4.74 Å². The van der Waals surface area contributed by atoms with Crippen molar-refractivity contribution in [3.63, 3.8) is 0 Å². The number of rotatable bonds is 2. The van der Waals surface area contributed by atoms with Crippen LogP contribution < -0.4 is 4.74 Å². The van der Waals surface area contributed by atoms with Crippen molar-refractivity contribution in [2.24, 2.45) is 0 Å². The quantitative estimate of drug-likeness (QED) is 0.770. The van der Waals surface area contributed by atoms with E-state index < -0.39 is 0 Å². The maximum absolute atomic E-state index is 4.98. The van der Waals surface area contributed by atoms with Crippen LogP contribution in [0.5, 0.6) is 6.01 Å². The van der Waals surface area contributed by atoms with Gasteiger partial charge in [0.25, 0.3) is 0 Å². The predicted molar refractivity (Wildman–Crippen MR) is 60.5 cm³/mol. The minimum Gasteiger partial charge on any atom is -0.467 e. The van der Waals surface area contributed by atoms with Crippen LogP contribution in [0, 0.1) is 6.92 Å². The summed E-state index contributed by atoms with van der Waals surface area (Å²) < 4.78 is 4.98. The van der Waals surface area contributed by atoms with Gasteiger partial charge in [0, 0.05) is 5.92 Å². The largest absolute Gasteiger partial charge is 0.467 e. The summed E-state index contributed by atoms with van der Waals surface area (Å²) in [7, 11) is 1.54. The van der Waals surface area contributed by atoms with Crippen LogP contribution in [0.1, 0.15) is 31.3 Å². The van der Waals surface area contributed by atoms with Gasteiger partial charge in [-0.3, -0.25) is 0 Å². The van der Waals surface area contributed by atoms with E-state index in [-0.39, 0.29) is 0 Å².